The Morgan fingerprint density at radius 1 is 1.35 bits per heavy atom. The Morgan fingerprint density at radius 2 is 2.10 bits per heavy atom. The Hall–Kier alpha value is -1.84. The van der Waals surface area contributed by atoms with E-state index in [4.69, 9.17) is 5.11 Å². The first-order chi connectivity index (χ1) is 9.61. The fourth-order valence-corrected chi connectivity index (χ4v) is 2.74. The second kappa shape index (κ2) is 6.55. The molecule has 0 spiro atoms. The number of nitrogens with zero attached hydrogens (tertiary/aromatic N) is 1. The Kier molecular flexibility index (Phi) is 4.77. The topological polar surface area (TPSA) is 57.6 Å². The van der Waals surface area contributed by atoms with Crippen LogP contribution in [-0.4, -0.2) is 35.0 Å². The van der Waals surface area contributed by atoms with Crippen LogP contribution in [0.5, 0.6) is 0 Å². The van der Waals surface area contributed by atoms with Crippen molar-refractivity contribution in [1.29, 1.82) is 0 Å². The second-order valence-corrected chi connectivity index (χ2v) is 5.37. The first-order valence-corrected chi connectivity index (χ1v) is 7.20. The van der Waals surface area contributed by atoms with Crippen molar-refractivity contribution in [3.63, 3.8) is 0 Å². The molecule has 0 bridgehead atoms. The summed E-state index contributed by atoms with van der Waals surface area (Å²) >= 11 is 0. The van der Waals surface area contributed by atoms with E-state index in [9.17, 15) is 9.59 Å². The fourth-order valence-electron chi connectivity index (χ4n) is 2.74. The molecule has 4 nitrogen and oxygen atoms in total. The van der Waals surface area contributed by atoms with Gasteiger partial charge in [0.2, 0.25) is 5.91 Å². The third-order valence-corrected chi connectivity index (χ3v) is 4.07. The molecule has 1 heterocycles. The molecule has 4 heteroatoms. The average molecular weight is 275 g/mol. The van der Waals surface area contributed by atoms with Crippen molar-refractivity contribution < 1.29 is 14.7 Å². The van der Waals surface area contributed by atoms with Gasteiger partial charge in [0.25, 0.3) is 0 Å². The molecule has 1 atom stereocenters. The molecule has 2 rings (SSSR count). The smallest absolute Gasteiger partial charge is 0.335 e. The zero-order chi connectivity index (χ0) is 14.5. The van der Waals surface area contributed by atoms with Gasteiger partial charge in [-0.1, -0.05) is 31.5 Å². The number of benzene rings is 1. The summed E-state index contributed by atoms with van der Waals surface area (Å²) in [6.07, 6.45) is 3.09. The fraction of sp³-hybridized carbons (Fsp3) is 0.500. The van der Waals surface area contributed by atoms with Crippen molar-refractivity contribution in [2.45, 2.75) is 32.6 Å². The van der Waals surface area contributed by atoms with E-state index in [-0.39, 0.29) is 5.91 Å². The molecule has 0 unspecified atom stereocenters. The van der Waals surface area contributed by atoms with Gasteiger partial charge in [0, 0.05) is 19.5 Å². The Balaban J connectivity index is 1.92. The number of hydrogen-bond acceptors (Lipinski definition) is 2. The number of amides is 1. The Labute approximate surface area is 119 Å². The maximum atomic E-state index is 12.1. The normalized spacial score (nSPS) is 18.2. The lowest BCUT2D eigenvalue weighted by Gasteiger charge is -2.16. The molecule has 1 amide bonds. The number of likely N-dealkylation sites (tertiary alicyclic amines) is 1. The van der Waals surface area contributed by atoms with Crippen LogP contribution in [0.25, 0.3) is 0 Å². The molecule has 0 aromatic heterocycles. The van der Waals surface area contributed by atoms with Gasteiger partial charge < -0.3 is 10.0 Å². The minimum Gasteiger partial charge on any atom is -0.478 e. The Bertz CT molecular complexity index is 498. The van der Waals surface area contributed by atoms with Crippen molar-refractivity contribution in [1.82, 2.24) is 4.90 Å². The number of aromatic carboxylic acids is 1. The molecule has 0 aliphatic carbocycles. The van der Waals surface area contributed by atoms with E-state index in [1.165, 1.54) is 0 Å². The largest absolute Gasteiger partial charge is 0.478 e. The predicted octanol–water partition coefficient (Wildman–Crippen LogP) is 2.58. The molecule has 1 aliphatic rings. The van der Waals surface area contributed by atoms with Crippen LogP contribution in [-0.2, 0) is 11.2 Å². The number of rotatable bonds is 5. The highest BCUT2D eigenvalue weighted by atomic mass is 16.4. The van der Waals surface area contributed by atoms with Gasteiger partial charge in [-0.15, -0.1) is 0 Å². The van der Waals surface area contributed by atoms with Crippen molar-refractivity contribution in [3.05, 3.63) is 35.4 Å². The van der Waals surface area contributed by atoms with Gasteiger partial charge in [-0.2, -0.15) is 0 Å². The monoisotopic (exact) mass is 275 g/mol. The molecule has 0 saturated carbocycles. The molecule has 1 aromatic carbocycles. The van der Waals surface area contributed by atoms with Crippen molar-refractivity contribution in [2.24, 2.45) is 5.92 Å². The van der Waals surface area contributed by atoms with Crippen LogP contribution >= 0.6 is 0 Å². The van der Waals surface area contributed by atoms with E-state index in [2.05, 4.69) is 6.92 Å². The number of aryl methyl sites for hydroxylation is 1. The van der Waals surface area contributed by atoms with Gasteiger partial charge in [-0.25, -0.2) is 4.79 Å². The quantitative estimate of drug-likeness (QED) is 0.898. The summed E-state index contributed by atoms with van der Waals surface area (Å²) in [5, 5.41) is 9.11. The number of carboxylic acid groups (broad SMARTS) is 1. The van der Waals surface area contributed by atoms with Gasteiger partial charge in [0.05, 0.1) is 5.56 Å². The van der Waals surface area contributed by atoms with Crippen molar-refractivity contribution in [3.8, 4) is 0 Å². The van der Waals surface area contributed by atoms with Crippen molar-refractivity contribution >= 4 is 11.9 Å². The molecule has 1 aliphatic heterocycles. The van der Waals surface area contributed by atoms with Crippen LogP contribution in [0.1, 0.15) is 42.1 Å². The second-order valence-electron chi connectivity index (χ2n) is 5.37. The summed E-state index contributed by atoms with van der Waals surface area (Å²) in [6, 6.07) is 6.90. The van der Waals surface area contributed by atoms with E-state index < -0.39 is 5.97 Å². The average Bonchev–Trinajstić information content (AvgIpc) is 2.94. The zero-order valence-electron chi connectivity index (χ0n) is 11.8. The standard InChI is InChI=1S/C16H21NO3/c1-2-12-9-10-17(11-12)15(18)8-7-13-5-3-4-6-14(13)16(19)20/h3-6,12H,2,7-11H2,1H3,(H,19,20)/t12-/m1/s1. The van der Waals surface area contributed by atoms with E-state index in [1.807, 2.05) is 11.0 Å². The van der Waals surface area contributed by atoms with Crippen LogP contribution in [0.2, 0.25) is 0 Å². The maximum Gasteiger partial charge on any atom is 0.335 e. The van der Waals surface area contributed by atoms with E-state index in [0.717, 1.165) is 31.5 Å². The lowest BCUT2D eigenvalue weighted by atomic mass is 10.0. The first kappa shape index (κ1) is 14.6. The number of carbonyl (C=O) groups is 2. The number of carboxylic acids is 1. The first-order valence-electron chi connectivity index (χ1n) is 7.20. The molecule has 0 radical (unpaired) electrons. The summed E-state index contributed by atoms with van der Waals surface area (Å²) < 4.78 is 0. The highest BCUT2D eigenvalue weighted by Gasteiger charge is 2.24. The molecule has 1 aromatic rings. The van der Waals surface area contributed by atoms with Crippen LogP contribution in [0.3, 0.4) is 0 Å². The molecule has 20 heavy (non-hydrogen) atoms. The van der Waals surface area contributed by atoms with Crippen molar-refractivity contribution in [2.75, 3.05) is 13.1 Å². The SMILES string of the molecule is CC[C@@H]1CCN(C(=O)CCc2ccccc2C(=O)O)C1. The molecule has 1 fully saturated rings. The maximum absolute atomic E-state index is 12.1. The summed E-state index contributed by atoms with van der Waals surface area (Å²) in [7, 11) is 0. The summed E-state index contributed by atoms with van der Waals surface area (Å²) in [5.74, 6) is -0.160. The van der Waals surface area contributed by atoms with Crippen LogP contribution in [0.4, 0.5) is 0 Å². The van der Waals surface area contributed by atoms with Crippen LogP contribution in [0.15, 0.2) is 24.3 Å². The lowest BCUT2D eigenvalue weighted by molar-refractivity contribution is -0.130. The van der Waals surface area contributed by atoms with Gasteiger partial charge in [-0.05, 0) is 30.4 Å². The van der Waals surface area contributed by atoms with Gasteiger partial charge in [-0.3, -0.25) is 4.79 Å². The van der Waals surface area contributed by atoms with Gasteiger partial charge in [0.15, 0.2) is 0 Å². The summed E-state index contributed by atoms with van der Waals surface area (Å²) in [5.41, 5.74) is 1.03. The minimum atomic E-state index is -0.930. The summed E-state index contributed by atoms with van der Waals surface area (Å²) in [6.45, 7) is 3.86. The van der Waals surface area contributed by atoms with E-state index in [0.29, 0.717) is 24.3 Å². The summed E-state index contributed by atoms with van der Waals surface area (Å²) in [4.78, 5) is 25.2. The molecule has 1 N–H and O–H groups in total. The third-order valence-electron chi connectivity index (χ3n) is 4.07. The van der Waals surface area contributed by atoms with Crippen LogP contribution in [0, 0.1) is 5.92 Å². The minimum absolute atomic E-state index is 0.140. The number of carbonyl (C=O) groups excluding carboxylic acids is 1. The van der Waals surface area contributed by atoms with E-state index in [1.54, 1.807) is 18.2 Å². The molecule has 1 saturated heterocycles. The molecular weight excluding hydrogens is 254 g/mol. The molecular formula is C16H21NO3. The Morgan fingerprint density at radius 3 is 2.75 bits per heavy atom. The van der Waals surface area contributed by atoms with Crippen LogP contribution < -0.4 is 0 Å². The van der Waals surface area contributed by atoms with E-state index >= 15 is 0 Å². The van der Waals surface area contributed by atoms with Gasteiger partial charge in [0.1, 0.15) is 0 Å². The number of hydrogen-bond donors (Lipinski definition) is 1. The molecule has 108 valence electrons. The zero-order valence-corrected chi connectivity index (χ0v) is 11.8. The lowest BCUT2D eigenvalue weighted by Crippen LogP contribution is -2.28. The predicted molar refractivity (Wildman–Crippen MR) is 76.7 cm³/mol. The third kappa shape index (κ3) is 3.38. The highest BCUT2D eigenvalue weighted by Crippen LogP contribution is 2.20. The van der Waals surface area contributed by atoms with Gasteiger partial charge >= 0.3 is 5.97 Å². The highest BCUT2D eigenvalue weighted by molar-refractivity contribution is 5.89.